The summed E-state index contributed by atoms with van der Waals surface area (Å²) in [5, 5.41) is 0. The minimum absolute atomic E-state index is 0.0602. The van der Waals surface area contributed by atoms with Crippen LogP contribution in [0.15, 0.2) is 18.2 Å². The maximum absolute atomic E-state index is 12.8. The van der Waals surface area contributed by atoms with Gasteiger partial charge in [-0.1, -0.05) is 0 Å². The molecule has 1 aliphatic heterocycles. The molecule has 0 bridgehead atoms. The minimum atomic E-state index is -0.0847. The van der Waals surface area contributed by atoms with Crippen molar-refractivity contribution >= 4 is 17.5 Å². The molecule has 1 aromatic carbocycles. The van der Waals surface area contributed by atoms with E-state index in [1.807, 2.05) is 42.8 Å². The standard InChI is InChI=1S/C20H31N3O4/c1-14(2)23(9-10-26-6)19(24)12-16-13-27-18-8-7-15(20(25)21(3)4)11-17(18)22(16)5/h7-8,11,14,16H,9-10,12-13H2,1-6H3/t16-/m0/s1. The summed E-state index contributed by atoms with van der Waals surface area (Å²) in [5.74, 6) is 0.748. The van der Waals surface area contributed by atoms with Gasteiger partial charge in [0.2, 0.25) is 5.91 Å². The number of hydrogen-bond donors (Lipinski definition) is 0. The van der Waals surface area contributed by atoms with E-state index in [0.29, 0.717) is 31.7 Å². The Morgan fingerprint density at radius 3 is 2.63 bits per heavy atom. The topological polar surface area (TPSA) is 62.3 Å². The van der Waals surface area contributed by atoms with Crippen LogP contribution in [0.2, 0.25) is 0 Å². The zero-order chi connectivity index (χ0) is 20.1. The molecule has 27 heavy (non-hydrogen) atoms. The molecule has 0 saturated heterocycles. The molecule has 0 aliphatic carbocycles. The predicted molar refractivity (Wildman–Crippen MR) is 105 cm³/mol. The van der Waals surface area contributed by atoms with Gasteiger partial charge in [0.05, 0.1) is 24.8 Å². The van der Waals surface area contributed by atoms with Crippen LogP contribution in [0, 0.1) is 0 Å². The van der Waals surface area contributed by atoms with Crippen molar-refractivity contribution in [3.63, 3.8) is 0 Å². The molecule has 2 amide bonds. The molecule has 1 aromatic rings. The lowest BCUT2D eigenvalue weighted by atomic mass is 10.1. The molecule has 0 spiro atoms. The number of anilines is 1. The summed E-state index contributed by atoms with van der Waals surface area (Å²) < 4.78 is 11.0. The van der Waals surface area contributed by atoms with Gasteiger partial charge < -0.3 is 24.2 Å². The van der Waals surface area contributed by atoms with Gasteiger partial charge in [-0.2, -0.15) is 0 Å². The fraction of sp³-hybridized carbons (Fsp3) is 0.600. The van der Waals surface area contributed by atoms with Crippen molar-refractivity contribution in [3.8, 4) is 5.75 Å². The van der Waals surface area contributed by atoms with E-state index in [4.69, 9.17) is 9.47 Å². The Labute approximate surface area is 161 Å². The summed E-state index contributed by atoms with van der Waals surface area (Å²) in [6.45, 7) is 5.53. The number of rotatable bonds is 7. The molecule has 0 saturated carbocycles. The molecule has 1 heterocycles. The van der Waals surface area contributed by atoms with Crippen LogP contribution in [0.4, 0.5) is 5.69 Å². The first-order valence-electron chi connectivity index (χ1n) is 9.26. The maximum Gasteiger partial charge on any atom is 0.253 e. The summed E-state index contributed by atoms with van der Waals surface area (Å²) in [5.41, 5.74) is 1.44. The Balaban J connectivity index is 2.15. The van der Waals surface area contributed by atoms with Gasteiger partial charge in [0.1, 0.15) is 12.4 Å². The van der Waals surface area contributed by atoms with Crippen LogP contribution < -0.4 is 9.64 Å². The Morgan fingerprint density at radius 2 is 2.04 bits per heavy atom. The molecule has 7 heteroatoms. The van der Waals surface area contributed by atoms with E-state index in [9.17, 15) is 9.59 Å². The normalized spacial score (nSPS) is 16.0. The fourth-order valence-corrected chi connectivity index (χ4v) is 3.18. The van der Waals surface area contributed by atoms with E-state index in [-0.39, 0.29) is 23.9 Å². The van der Waals surface area contributed by atoms with Crippen LogP contribution in [-0.4, -0.2) is 81.7 Å². The number of carbonyl (C=O) groups is 2. The average Bonchev–Trinajstić information content (AvgIpc) is 2.63. The summed E-state index contributed by atoms with van der Waals surface area (Å²) >= 11 is 0. The smallest absolute Gasteiger partial charge is 0.253 e. The Hall–Kier alpha value is -2.28. The highest BCUT2D eigenvalue weighted by atomic mass is 16.5. The lowest BCUT2D eigenvalue weighted by Gasteiger charge is -2.37. The number of likely N-dealkylation sites (N-methyl/N-ethyl adjacent to an activating group) is 1. The van der Waals surface area contributed by atoms with Gasteiger partial charge in [0, 0.05) is 46.4 Å². The molecule has 7 nitrogen and oxygen atoms in total. The second-order valence-electron chi connectivity index (χ2n) is 7.34. The first kappa shape index (κ1) is 21.0. The highest BCUT2D eigenvalue weighted by Crippen LogP contribution is 2.35. The van der Waals surface area contributed by atoms with E-state index in [1.165, 1.54) is 0 Å². The van der Waals surface area contributed by atoms with E-state index in [2.05, 4.69) is 0 Å². The summed E-state index contributed by atoms with van der Waals surface area (Å²) in [6.07, 6.45) is 0.351. The molecule has 0 unspecified atom stereocenters. The van der Waals surface area contributed by atoms with Crippen molar-refractivity contribution in [1.29, 1.82) is 0 Å². The zero-order valence-electron chi connectivity index (χ0n) is 17.2. The first-order chi connectivity index (χ1) is 12.8. The number of fused-ring (bicyclic) bond motifs is 1. The third kappa shape index (κ3) is 4.91. The SMILES string of the molecule is COCCN(C(=O)C[C@H]1COc2ccc(C(=O)N(C)C)cc2N1C)C(C)C. The third-order valence-corrected chi connectivity index (χ3v) is 4.86. The zero-order valence-corrected chi connectivity index (χ0v) is 17.2. The molecular formula is C20H31N3O4. The first-order valence-corrected chi connectivity index (χ1v) is 9.26. The van der Waals surface area contributed by atoms with Crippen molar-refractivity contribution in [2.45, 2.75) is 32.4 Å². The predicted octanol–water partition coefficient (Wildman–Crippen LogP) is 1.86. The molecule has 0 fully saturated rings. The van der Waals surface area contributed by atoms with Crippen molar-refractivity contribution in [2.24, 2.45) is 0 Å². The van der Waals surface area contributed by atoms with Gasteiger partial charge in [0.25, 0.3) is 5.91 Å². The van der Waals surface area contributed by atoms with E-state index >= 15 is 0 Å². The summed E-state index contributed by atoms with van der Waals surface area (Å²) in [4.78, 5) is 30.5. The third-order valence-electron chi connectivity index (χ3n) is 4.86. The Kier molecular flexibility index (Phi) is 7.07. The lowest BCUT2D eigenvalue weighted by Crippen LogP contribution is -2.47. The summed E-state index contributed by atoms with van der Waals surface area (Å²) in [6, 6.07) is 5.45. The van der Waals surface area contributed by atoms with Crippen LogP contribution in [0.5, 0.6) is 5.75 Å². The molecule has 1 atom stereocenters. The fourth-order valence-electron chi connectivity index (χ4n) is 3.18. The number of benzene rings is 1. The minimum Gasteiger partial charge on any atom is -0.489 e. The van der Waals surface area contributed by atoms with Crippen molar-refractivity contribution in [3.05, 3.63) is 23.8 Å². The molecule has 0 N–H and O–H groups in total. The van der Waals surface area contributed by atoms with Crippen LogP contribution >= 0.6 is 0 Å². The number of amides is 2. The maximum atomic E-state index is 12.8. The Bertz CT molecular complexity index is 675. The molecule has 0 radical (unpaired) electrons. The second-order valence-corrected chi connectivity index (χ2v) is 7.34. The number of methoxy groups -OCH3 is 1. The largest absolute Gasteiger partial charge is 0.489 e. The highest BCUT2D eigenvalue weighted by Gasteiger charge is 2.30. The number of nitrogens with zero attached hydrogens (tertiary/aromatic N) is 3. The van der Waals surface area contributed by atoms with Crippen molar-refractivity contribution in [1.82, 2.24) is 9.80 Å². The van der Waals surface area contributed by atoms with Gasteiger partial charge in [-0.05, 0) is 32.0 Å². The molecule has 0 aromatic heterocycles. The van der Waals surface area contributed by atoms with E-state index in [0.717, 1.165) is 11.4 Å². The van der Waals surface area contributed by atoms with Crippen LogP contribution in [-0.2, 0) is 9.53 Å². The van der Waals surface area contributed by atoms with Crippen LogP contribution in [0.3, 0.4) is 0 Å². The van der Waals surface area contributed by atoms with Gasteiger partial charge in [-0.25, -0.2) is 0 Å². The highest BCUT2D eigenvalue weighted by molar-refractivity contribution is 5.95. The van der Waals surface area contributed by atoms with Gasteiger partial charge in [0.15, 0.2) is 0 Å². The van der Waals surface area contributed by atoms with E-state index < -0.39 is 0 Å². The molecule has 2 rings (SSSR count). The van der Waals surface area contributed by atoms with E-state index in [1.54, 1.807) is 32.2 Å². The quantitative estimate of drug-likeness (QED) is 0.726. The van der Waals surface area contributed by atoms with Gasteiger partial charge in [-0.3, -0.25) is 9.59 Å². The van der Waals surface area contributed by atoms with Crippen molar-refractivity contribution < 1.29 is 19.1 Å². The number of hydrogen-bond acceptors (Lipinski definition) is 5. The van der Waals surface area contributed by atoms with Gasteiger partial charge >= 0.3 is 0 Å². The van der Waals surface area contributed by atoms with Gasteiger partial charge in [-0.15, -0.1) is 0 Å². The number of ether oxygens (including phenoxy) is 2. The van der Waals surface area contributed by atoms with Crippen LogP contribution in [0.1, 0.15) is 30.6 Å². The second kappa shape index (κ2) is 9.08. The lowest BCUT2D eigenvalue weighted by molar-refractivity contribution is -0.134. The average molecular weight is 377 g/mol. The molecule has 150 valence electrons. The Morgan fingerprint density at radius 1 is 1.33 bits per heavy atom. The molecule has 1 aliphatic rings. The molecular weight excluding hydrogens is 346 g/mol. The van der Waals surface area contributed by atoms with Crippen LogP contribution in [0.25, 0.3) is 0 Å². The monoisotopic (exact) mass is 377 g/mol. The summed E-state index contributed by atoms with van der Waals surface area (Å²) in [7, 11) is 7.03. The van der Waals surface area contributed by atoms with Crippen molar-refractivity contribution in [2.75, 3.05) is 52.9 Å². The number of carbonyl (C=O) groups excluding carboxylic acids is 2.